The van der Waals surface area contributed by atoms with Crippen molar-refractivity contribution in [3.63, 3.8) is 0 Å². The summed E-state index contributed by atoms with van der Waals surface area (Å²) in [5, 5.41) is 11.9. The number of hydrogen-bond donors (Lipinski definition) is 2. The number of aliphatic hydroxyl groups excluding tert-OH is 1. The molecule has 21 heavy (non-hydrogen) atoms. The van der Waals surface area contributed by atoms with E-state index in [1.165, 1.54) is 4.90 Å². The lowest BCUT2D eigenvalue weighted by Crippen LogP contribution is -2.56. The fraction of sp³-hybridized carbons (Fsp3) is 0.846. The van der Waals surface area contributed by atoms with Gasteiger partial charge in [0.05, 0.1) is 25.7 Å². The number of nitrogens with one attached hydrogen (secondary N) is 1. The van der Waals surface area contributed by atoms with Gasteiger partial charge in [0.1, 0.15) is 0 Å². The van der Waals surface area contributed by atoms with Gasteiger partial charge in [-0.3, -0.25) is 9.59 Å². The normalized spacial score (nSPS) is 18.3. The molecule has 124 valence electrons. The van der Waals surface area contributed by atoms with Crippen LogP contribution in [0.5, 0.6) is 0 Å². The van der Waals surface area contributed by atoms with E-state index < -0.39 is 6.04 Å². The summed E-state index contributed by atoms with van der Waals surface area (Å²) >= 11 is 0. The van der Waals surface area contributed by atoms with Crippen LogP contribution < -0.4 is 5.32 Å². The molecule has 0 aromatic heterocycles. The Morgan fingerprint density at radius 2 is 2.29 bits per heavy atom. The molecule has 1 rings (SSSR count). The van der Waals surface area contributed by atoms with Gasteiger partial charge in [-0.05, 0) is 6.92 Å². The zero-order chi connectivity index (χ0) is 15.0. The highest BCUT2D eigenvalue weighted by atomic mass is 35.5. The third kappa shape index (κ3) is 6.60. The Balaban J connectivity index is 0.00000400. The van der Waals surface area contributed by atoms with Gasteiger partial charge in [-0.25, -0.2) is 0 Å². The van der Waals surface area contributed by atoms with E-state index >= 15 is 0 Å². The van der Waals surface area contributed by atoms with Crippen LogP contribution in [0.1, 0.15) is 13.3 Å². The second kappa shape index (κ2) is 10.8. The Hall–Kier alpha value is -0.890. The van der Waals surface area contributed by atoms with Crippen LogP contribution in [0.2, 0.25) is 0 Å². The average Bonchev–Trinajstić information content (AvgIpc) is 2.43. The van der Waals surface area contributed by atoms with Gasteiger partial charge in [0.25, 0.3) is 0 Å². The Morgan fingerprint density at radius 1 is 1.57 bits per heavy atom. The minimum absolute atomic E-state index is 0. The molecule has 1 saturated heterocycles. The molecule has 2 amide bonds. The first kappa shape index (κ1) is 20.1. The molecule has 8 heteroatoms. The molecule has 0 bridgehead atoms. The summed E-state index contributed by atoms with van der Waals surface area (Å²) < 4.78 is 5.25. The van der Waals surface area contributed by atoms with Crippen LogP contribution >= 0.6 is 12.4 Å². The van der Waals surface area contributed by atoms with Crippen LogP contribution in [0.15, 0.2) is 0 Å². The summed E-state index contributed by atoms with van der Waals surface area (Å²) in [5.41, 5.74) is 0. The van der Waals surface area contributed by atoms with Gasteiger partial charge >= 0.3 is 0 Å². The number of piperazine rings is 1. The number of aliphatic hydroxyl groups is 1. The predicted octanol–water partition coefficient (Wildman–Crippen LogP) is -0.914. The number of rotatable bonds is 8. The lowest BCUT2D eigenvalue weighted by atomic mass is 10.1. The molecular weight excluding hydrogens is 298 g/mol. The summed E-state index contributed by atoms with van der Waals surface area (Å²) in [6.07, 6.45) is 0.125. The van der Waals surface area contributed by atoms with E-state index in [0.29, 0.717) is 32.8 Å². The van der Waals surface area contributed by atoms with E-state index in [1.807, 2.05) is 6.92 Å². The van der Waals surface area contributed by atoms with E-state index in [-0.39, 0.29) is 43.8 Å². The SMILES string of the molecule is CCOCCN1CCNC(CC(=O)N(C)CCO)C1=O.Cl. The van der Waals surface area contributed by atoms with Crippen molar-refractivity contribution in [2.45, 2.75) is 19.4 Å². The zero-order valence-corrected chi connectivity index (χ0v) is 13.5. The summed E-state index contributed by atoms with van der Waals surface area (Å²) in [7, 11) is 1.62. The fourth-order valence-electron chi connectivity index (χ4n) is 2.10. The average molecular weight is 324 g/mol. The topological polar surface area (TPSA) is 82.1 Å². The van der Waals surface area contributed by atoms with E-state index in [9.17, 15) is 9.59 Å². The molecule has 0 aromatic carbocycles. The second-order valence-corrected chi connectivity index (χ2v) is 4.77. The van der Waals surface area contributed by atoms with E-state index in [1.54, 1.807) is 11.9 Å². The Morgan fingerprint density at radius 3 is 2.90 bits per heavy atom. The first-order valence-electron chi connectivity index (χ1n) is 7.04. The lowest BCUT2D eigenvalue weighted by Gasteiger charge is -2.33. The molecule has 1 unspecified atom stereocenters. The highest BCUT2D eigenvalue weighted by Crippen LogP contribution is 2.07. The number of likely N-dealkylation sites (N-methyl/N-ethyl adjacent to an activating group) is 1. The molecule has 1 fully saturated rings. The smallest absolute Gasteiger partial charge is 0.240 e. The monoisotopic (exact) mass is 323 g/mol. The summed E-state index contributed by atoms with van der Waals surface area (Å²) in [6, 6.07) is -0.473. The van der Waals surface area contributed by atoms with Gasteiger partial charge in [0.15, 0.2) is 0 Å². The maximum absolute atomic E-state index is 12.2. The molecule has 1 aliphatic rings. The quantitative estimate of drug-likeness (QED) is 0.565. The van der Waals surface area contributed by atoms with Crippen molar-refractivity contribution in [3.8, 4) is 0 Å². The predicted molar refractivity (Wildman–Crippen MR) is 81.5 cm³/mol. The number of carbonyl (C=O) groups is 2. The van der Waals surface area contributed by atoms with E-state index in [0.717, 1.165) is 0 Å². The fourth-order valence-corrected chi connectivity index (χ4v) is 2.10. The highest BCUT2D eigenvalue weighted by Gasteiger charge is 2.30. The highest BCUT2D eigenvalue weighted by molar-refractivity contribution is 5.88. The third-order valence-electron chi connectivity index (χ3n) is 3.33. The summed E-state index contributed by atoms with van der Waals surface area (Å²) in [5.74, 6) is -0.196. The molecule has 1 aliphatic heterocycles. The van der Waals surface area contributed by atoms with Crippen LogP contribution in [-0.2, 0) is 14.3 Å². The standard InChI is InChI=1S/C13H25N3O4.ClH/c1-3-20-9-7-16-5-4-14-11(13(16)19)10-12(18)15(2)6-8-17;/h11,14,17H,3-10H2,1-2H3;1H. The molecule has 0 aromatic rings. The summed E-state index contributed by atoms with van der Waals surface area (Å²) in [6.45, 7) is 5.16. The minimum atomic E-state index is -0.473. The van der Waals surface area contributed by atoms with Crippen molar-refractivity contribution in [1.29, 1.82) is 0 Å². The first-order valence-corrected chi connectivity index (χ1v) is 7.04. The van der Waals surface area contributed by atoms with E-state index in [4.69, 9.17) is 9.84 Å². The molecule has 0 aliphatic carbocycles. The molecule has 1 atom stereocenters. The third-order valence-corrected chi connectivity index (χ3v) is 3.33. The van der Waals surface area contributed by atoms with Crippen molar-refractivity contribution in [2.24, 2.45) is 0 Å². The molecule has 0 spiro atoms. The van der Waals surface area contributed by atoms with Crippen LogP contribution in [0.25, 0.3) is 0 Å². The van der Waals surface area contributed by atoms with Gasteiger partial charge in [-0.15, -0.1) is 12.4 Å². The Bertz CT molecular complexity index is 331. The van der Waals surface area contributed by atoms with Crippen LogP contribution in [0, 0.1) is 0 Å². The number of ether oxygens (including phenoxy) is 1. The van der Waals surface area contributed by atoms with Crippen LogP contribution in [0.3, 0.4) is 0 Å². The molecule has 0 radical (unpaired) electrons. The number of carbonyl (C=O) groups excluding carboxylic acids is 2. The number of hydrogen-bond acceptors (Lipinski definition) is 5. The minimum Gasteiger partial charge on any atom is -0.395 e. The van der Waals surface area contributed by atoms with Gasteiger partial charge < -0.3 is 25.0 Å². The molecule has 0 saturated carbocycles. The Kier molecular flexibility index (Phi) is 10.3. The van der Waals surface area contributed by atoms with E-state index in [2.05, 4.69) is 5.32 Å². The molecule has 2 N–H and O–H groups in total. The van der Waals surface area contributed by atoms with Gasteiger partial charge in [-0.1, -0.05) is 0 Å². The number of nitrogens with zero attached hydrogens (tertiary/aromatic N) is 2. The van der Waals surface area contributed by atoms with Crippen molar-refractivity contribution < 1.29 is 19.4 Å². The summed E-state index contributed by atoms with van der Waals surface area (Å²) in [4.78, 5) is 27.3. The number of amides is 2. The van der Waals surface area contributed by atoms with Gasteiger partial charge in [0.2, 0.25) is 11.8 Å². The Labute approximate surface area is 132 Å². The molecular formula is C13H26ClN3O4. The van der Waals surface area contributed by atoms with Crippen LogP contribution in [-0.4, -0.2) is 85.8 Å². The first-order chi connectivity index (χ1) is 9.60. The van der Waals surface area contributed by atoms with Crippen molar-refractivity contribution >= 4 is 24.2 Å². The largest absolute Gasteiger partial charge is 0.395 e. The van der Waals surface area contributed by atoms with Crippen molar-refractivity contribution in [1.82, 2.24) is 15.1 Å². The van der Waals surface area contributed by atoms with Crippen molar-refractivity contribution in [3.05, 3.63) is 0 Å². The van der Waals surface area contributed by atoms with Crippen LogP contribution in [0.4, 0.5) is 0 Å². The molecule has 1 heterocycles. The van der Waals surface area contributed by atoms with Gasteiger partial charge in [-0.2, -0.15) is 0 Å². The van der Waals surface area contributed by atoms with Crippen molar-refractivity contribution in [2.75, 3.05) is 53.0 Å². The maximum Gasteiger partial charge on any atom is 0.240 e. The second-order valence-electron chi connectivity index (χ2n) is 4.77. The van der Waals surface area contributed by atoms with Gasteiger partial charge in [0, 0.05) is 39.8 Å². The maximum atomic E-state index is 12.2. The zero-order valence-electron chi connectivity index (χ0n) is 12.7. The lowest BCUT2D eigenvalue weighted by molar-refractivity contribution is -0.141. The molecule has 7 nitrogen and oxygen atoms in total. The number of halogens is 1.